The summed E-state index contributed by atoms with van der Waals surface area (Å²) in [5.41, 5.74) is -1.62. The highest BCUT2D eigenvalue weighted by molar-refractivity contribution is 5.19. The summed E-state index contributed by atoms with van der Waals surface area (Å²) in [5.74, 6) is 3.53. The lowest BCUT2D eigenvalue weighted by Gasteiger charge is -2.66. The van der Waals surface area contributed by atoms with Crippen LogP contribution in [0.2, 0.25) is 0 Å². The third-order valence-corrected chi connectivity index (χ3v) is 11.9. The molecule has 4 fully saturated rings. The lowest BCUT2D eigenvalue weighted by Crippen LogP contribution is -2.73. The monoisotopic (exact) mass is 450 g/mol. The minimum absolute atomic E-state index is 0.0519. The Bertz CT molecular complexity index is 680. The highest BCUT2D eigenvalue weighted by Crippen LogP contribution is 2.69. The molecule has 4 aliphatic rings. The average molecular weight is 451 g/mol. The van der Waals surface area contributed by atoms with Crippen LogP contribution >= 0.6 is 0 Å². The molecule has 4 rings (SSSR count). The van der Waals surface area contributed by atoms with E-state index in [1.54, 1.807) is 0 Å². The van der Waals surface area contributed by atoms with Gasteiger partial charge in [0.15, 0.2) is 0 Å². The van der Waals surface area contributed by atoms with Gasteiger partial charge in [-0.05, 0) is 85.4 Å². The summed E-state index contributed by atoms with van der Waals surface area (Å²) in [5, 5.41) is 44.6. The molecule has 4 N–H and O–H groups in total. The van der Waals surface area contributed by atoms with E-state index in [2.05, 4.69) is 41.5 Å². The zero-order chi connectivity index (χ0) is 23.6. The van der Waals surface area contributed by atoms with E-state index in [0.717, 1.165) is 37.5 Å². The molecule has 0 aromatic carbocycles. The summed E-state index contributed by atoms with van der Waals surface area (Å²) in [6.07, 6.45) is 6.03. The van der Waals surface area contributed by atoms with Crippen molar-refractivity contribution in [1.82, 2.24) is 0 Å². The van der Waals surface area contributed by atoms with Gasteiger partial charge in [0.2, 0.25) is 0 Å². The van der Waals surface area contributed by atoms with E-state index in [9.17, 15) is 20.4 Å². The number of rotatable bonds is 5. The summed E-state index contributed by atoms with van der Waals surface area (Å²) in [6.45, 7) is 14.1. The molecule has 0 aromatic heterocycles. The van der Waals surface area contributed by atoms with Crippen LogP contribution in [-0.4, -0.2) is 44.3 Å². The molecule has 0 heterocycles. The molecule has 4 nitrogen and oxygen atoms in total. The lowest BCUT2D eigenvalue weighted by atomic mass is 9.41. The van der Waals surface area contributed by atoms with E-state index >= 15 is 0 Å². The van der Waals surface area contributed by atoms with Crippen LogP contribution in [0.5, 0.6) is 0 Å². The number of aliphatic hydroxyl groups excluding tert-OH is 3. The fourth-order valence-electron chi connectivity index (χ4n) is 9.29. The van der Waals surface area contributed by atoms with Crippen molar-refractivity contribution >= 4 is 0 Å². The van der Waals surface area contributed by atoms with E-state index in [4.69, 9.17) is 0 Å². The zero-order valence-electron chi connectivity index (χ0n) is 21.4. The van der Waals surface area contributed by atoms with Gasteiger partial charge >= 0.3 is 0 Å². The molecule has 0 aromatic rings. The van der Waals surface area contributed by atoms with E-state index in [0.29, 0.717) is 24.2 Å². The van der Waals surface area contributed by atoms with Crippen LogP contribution in [0.25, 0.3) is 0 Å². The van der Waals surface area contributed by atoms with E-state index in [-0.39, 0.29) is 23.7 Å². The fourth-order valence-corrected chi connectivity index (χ4v) is 9.29. The predicted molar refractivity (Wildman–Crippen MR) is 128 cm³/mol. The molecule has 0 radical (unpaired) electrons. The second kappa shape index (κ2) is 8.50. The average Bonchev–Trinajstić information content (AvgIpc) is 3.09. The Kier molecular flexibility index (Phi) is 6.63. The van der Waals surface area contributed by atoms with E-state index in [1.165, 1.54) is 19.3 Å². The van der Waals surface area contributed by atoms with E-state index < -0.39 is 29.3 Å². The van der Waals surface area contributed by atoms with Crippen molar-refractivity contribution in [3.63, 3.8) is 0 Å². The number of hydrogen-bond acceptors (Lipinski definition) is 4. The van der Waals surface area contributed by atoms with Crippen LogP contribution in [0, 0.1) is 52.3 Å². The third-order valence-electron chi connectivity index (χ3n) is 11.9. The van der Waals surface area contributed by atoms with Crippen molar-refractivity contribution < 1.29 is 20.4 Å². The van der Waals surface area contributed by atoms with Crippen LogP contribution in [-0.2, 0) is 0 Å². The fraction of sp³-hybridized carbons (Fsp3) is 1.00. The molecule has 12 atom stereocenters. The van der Waals surface area contributed by atoms with E-state index in [1.807, 2.05) is 0 Å². The molecule has 4 aliphatic carbocycles. The maximum Gasteiger partial charge on any atom is 0.109 e. The Morgan fingerprint density at radius 2 is 1.53 bits per heavy atom. The molecular weight excluding hydrogens is 400 g/mol. The molecule has 0 aliphatic heterocycles. The second-order valence-corrected chi connectivity index (χ2v) is 13.5. The number of hydrogen-bond donors (Lipinski definition) is 4. The Morgan fingerprint density at radius 3 is 2.19 bits per heavy atom. The minimum atomic E-state index is -1.39. The topological polar surface area (TPSA) is 80.9 Å². The molecule has 0 unspecified atom stereocenters. The Balaban J connectivity index is 1.57. The van der Waals surface area contributed by atoms with Gasteiger partial charge in [0.1, 0.15) is 11.7 Å². The number of fused-ring (bicyclic) bond motifs is 5. The van der Waals surface area contributed by atoms with Crippen LogP contribution in [0.15, 0.2) is 0 Å². The molecule has 32 heavy (non-hydrogen) atoms. The first kappa shape index (κ1) is 24.9. The van der Waals surface area contributed by atoms with Crippen LogP contribution in [0.4, 0.5) is 0 Å². The van der Waals surface area contributed by atoms with Gasteiger partial charge in [-0.2, -0.15) is 0 Å². The predicted octanol–water partition coefficient (Wildman–Crippen LogP) is 4.77. The smallest absolute Gasteiger partial charge is 0.109 e. The van der Waals surface area contributed by atoms with Crippen molar-refractivity contribution in [2.24, 2.45) is 52.3 Å². The van der Waals surface area contributed by atoms with Crippen LogP contribution < -0.4 is 0 Å². The molecule has 0 saturated heterocycles. The van der Waals surface area contributed by atoms with Crippen molar-refractivity contribution in [2.45, 2.75) is 123 Å². The Labute approximate surface area is 196 Å². The zero-order valence-corrected chi connectivity index (χ0v) is 21.4. The lowest BCUT2D eigenvalue weighted by molar-refractivity contribution is -0.297. The summed E-state index contributed by atoms with van der Waals surface area (Å²) in [7, 11) is 0. The summed E-state index contributed by atoms with van der Waals surface area (Å²) >= 11 is 0. The van der Waals surface area contributed by atoms with Gasteiger partial charge < -0.3 is 20.4 Å². The Hall–Kier alpha value is -0.160. The quantitative estimate of drug-likeness (QED) is 0.486. The largest absolute Gasteiger partial charge is 0.393 e. The second-order valence-electron chi connectivity index (χ2n) is 13.5. The van der Waals surface area contributed by atoms with Crippen molar-refractivity contribution in [3.05, 3.63) is 0 Å². The normalized spacial score (nSPS) is 52.8. The van der Waals surface area contributed by atoms with Gasteiger partial charge in [0, 0.05) is 11.8 Å². The van der Waals surface area contributed by atoms with Gasteiger partial charge in [-0.25, -0.2) is 0 Å². The van der Waals surface area contributed by atoms with Gasteiger partial charge in [-0.1, -0.05) is 54.4 Å². The van der Waals surface area contributed by atoms with Crippen molar-refractivity contribution in [1.29, 1.82) is 0 Å². The highest BCUT2D eigenvalue weighted by Gasteiger charge is 2.70. The standard InChI is InChI=1S/C28H50O4/c1-16(2)17(3)7-8-18(4)20-9-10-21-23-22(12-13-26(20,21)5)27(6)14-11-19(29)15-28(27,32)25(31)24(23)30/h16-25,29-32H,7-15H2,1-6H3/t17-,18+,19-,20+,21-,22-,23-,24+,25+,26+,27+,28-/m0/s1. The van der Waals surface area contributed by atoms with Crippen LogP contribution in [0.1, 0.15) is 99.3 Å². The van der Waals surface area contributed by atoms with Gasteiger partial charge in [0.05, 0.1) is 12.2 Å². The maximum absolute atomic E-state index is 11.6. The molecular formula is C28H50O4. The molecule has 0 amide bonds. The molecule has 4 heteroatoms. The van der Waals surface area contributed by atoms with Crippen LogP contribution in [0.3, 0.4) is 0 Å². The summed E-state index contributed by atoms with van der Waals surface area (Å²) in [6, 6.07) is 0. The summed E-state index contributed by atoms with van der Waals surface area (Å²) in [4.78, 5) is 0. The molecule has 0 bridgehead atoms. The van der Waals surface area contributed by atoms with Crippen molar-refractivity contribution in [2.75, 3.05) is 0 Å². The Morgan fingerprint density at radius 1 is 0.844 bits per heavy atom. The maximum atomic E-state index is 11.6. The molecule has 186 valence electrons. The molecule has 4 saturated carbocycles. The highest BCUT2D eigenvalue weighted by atomic mass is 16.4. The number of aliphatic hydroxyl groups is 4. The first-order valence-electron chi connectivity index (χ1n) is 13.6. The van der Waals surface area contributed by atoms with Gasteiger partial charge in [-0.15, -0.1) is 0 Å². The first-order valence-corrected chi connectivity index (χ1v) is 13.6. The molecule has 0 spiro atoms. The third kappa shape index (κ3) is 3.53. The first-order chi connectivity index (χ1) is 14.9. The summed E-state index contributed by atoms with van der Waals surface area (Å²) < 4.78 is 0. The van der Waals surface area contributed by atoms with Gasteiger partial charge in [0.25, 0.3) is 0 Å². The SMILES string of the molecule is CC(C)[C@@H](C)CC[C@@H](C)[C@H]1CC[C@H]2[C@@H]3[C@@H](O)[C@@H](O)[C@@]4(O)C[C@@H](O)CC[C@]4(C)[C@H]3CC[C@]12C. The van der Waals surface area contributed by atoms with Gasteiger partial charge in [-0.3, -0.25) is 0 Å². The van der Waals surface area contributed by atoms with Crippen molar-refractivity contribution in [3.8, 4) is 0 Å². The minimum Gasteiger partial charge on any atom is -0.393 e.